The Morgan fingerprint density at radius 1 is 1.09 bits per heavy atom. The van der Waals surface area contributed by atoms with Gasteiger partial charge in [-0.05, 0) is 17.7 Å². The number of rotatable bonds is 1. The lowest BCUT2D eigenvalue weighted by molar-refractivity contribution is 0.832. The number of hydrogen-bond donors (Lipinski definition) is 0. The first-order valence-corrected chi connectivity index (χ1v) is 3.74. The van der Waals surface area contributed by atoms with E-state index in [0.717, 1.165) is 6.54 Å². The predicted octanol–water partition coefficient (Wildman–Crippen LogP) is 2.48. The van der Waals surface area contributed by atoms with Crippen LogP contribution in [0.4, 0.5) is 0 Å². The third kappa shape index (κ3) is 1.03. The summed E-state index contributed by atoms with van der Waals surface area (Å²) in [5.41, 5.74) is 0. The van der Waals surface area contributed by atoms with Crippen molar-refractivity contribution < 1.29 is 0 Å². The highest BCUT2D eigenvalue weighted by Gasteiger charge is 1.93. The van der Waals surface area contributed by atoms with E-state index in [4.69, 9.17) is 0 Å². The molecule has 0 bridgehead atoms. The van der Waals surface area contributed by atoms with E-state index in [2.05, 4.69) is 48.1 Å². The molecule has 0 amide bonds. The molecular weight excluding hydrogens is 134 g/mol. The van der Waals surface area contributed by atoms with Crippen LogP contribution in [-0.2, 0) is 6.54 Å². The van der Waals surface area contributed by atoms with Gasteiger partial charge < -0.3 is 4.57 Å². The third-order valence-corrected chi connectivity index (χ3v) is 1.86. The van der Waals surface area contributed by atoms with E-state index in [1.165, 1.54) is 10.8 Å². The van der Waals surface area contributed by atoms with Crippen LogP contribution in [-0.4, -0.2) is 4.57 Å². The molecule has 0 unspecified atom stereocenters. The third-order valence-electron chi connectivity index (χ3n) is 1.86. The molecule has 2 aromatic rings. The number of benzene rings is 1. The minimum Gasteiger partial charge on any atom is -0.353 e. The van der Waals surface area contributed by atoms with Crippen molar-refractivity contribution in [3.8, 4) is 0 Å². The average Bonchev–Trinajstić information content (AvgIpc) is 2.46. The molecule has 1 aromatic heterocycles. The fraction of sp³-hybridized carbons (Fsp3) is 0.100. The summed E-state index contributed by atoms with van der Waals surface area (Å²) in [5, 5.41) is 2.58. The number of aromatic nitrogens is 1. The zero-order valence-corrected chi connectivity index (χ0v) is 6.33. The SMILES string of the molecule is [CH2]Cn1cc2ccccc2c1. The van der Waals surface area contributed by atoms with Gasteiger partial charge >= 0.3 is 0 Å². The molecular formula is C10H10N. The molecule has 0 fully saturated rings. The van der Waals surface area contributed by atoms with Crippen molar-refractivity contribution in [3.05, 3.63) is 43.6 Å². The van der Waals surface area contributed by atoms with Crippen LogP contribution in [0.5, 0.6) is 0 Å². The summed E-state index contributed by atoms with van der Waals surface area (Å²) < 4.78 is 2.09. The molecule has 1 radical (unpaired) electrons. The summed E-state index contributed by atoms with van der Waals surface area (Å²) in [4.78, 5) is 0. The molecule has 0 aliphatic rings. The maximum absolute atomic E-state index is 3.81. The van der Waals surface area contributed by atoms with E-state index in [1.807, 2.05) is 0 Å². The minimum atomic E-state index is 0.800. The first-order chi connectivity index (χ1) is 5.40. The van der Waals surface area contributed by atoms with Gasteiger partial charge in [-0.15, -0.1) is 0 Å². The Kier molecular flexibility index (Phi) is 1.42. The topological polar surface area (TPSA) is 4.93 Å². The zero-order valence-electron chi connectivity index (χ0n) is 6.33. The molecule has 0 atom stereocenters. The van der Waals surface area contributed by atoms with Gasteiger partial charge in [-0.2, -0.15) is 0 Å². The molecule has 0 aliphatic carbocycles. The van der Waals surface area contributed by atoms with Gasteiger partial charge in [0.25, 0.3) is 0 Å². The van der Waals surface area contributed by atoms with Crippen molar-refractivity contribution in [1.82, 2.24) is 4.57 Å². The second-order valence-corrected chi connectivity index (χ2v) is 2.62. The summed E-state index contributed by atoms with van der Waals surface area (Å²) in [5.74, 6) is 0. The fourth-order valence-electron chi connectivity index (χ4n) is 1.27. The minimum absolute atomic E-state index is 0.800. The van der Waals surface area contributed by atoms with Gasteiger partial charge in [0.1, 0.15) is 0 Å². The lowest BCUT2D eigenvalue weighted by Crippen LogP contribution is -1.86. The Morgan fingerprint density at radius 3 is 2.09 bits per heavy atom. The lowest BCUT2D eigenvalue weighted by Gasteiger charge is -1.90. The van der Waals surface area contributed by atoms with Crippen LogP contribution >= 0.6 is 0 Å². The van der Waals surface area contributed by atoms with Crippen LogP contribution in [0.15, 0.2) is 36.7 Å². The smallest absolute Gasteiger partial charge is 0.0220 e. The van der Waals surface area contributed by atoms with E-state index < -0.39 is 0 Å². The number of nitrogens with zero attached hydrogens (tertiary/aromatic N) is 1. The monoisotopic (exact) mass is 144 g/mol. The quantitative estimate of drug-likeness (QED) is 0.579. The van der Waals surface area contributed by atoms with Crippen molar-refractivity contribution in [2.75, 3.05) is 0 Å². The highest BCUT2D eigenvalue weighted by Crippen LogP contribution is 2.13. The standard InChI is InChI=1S/C10H10N/c1-2-11-7-9-5-3-4-6-10(9)8-11/h3-8H,1-2H2. The van der Waals surface area contributed by atoms with Crippen molar-refractivity contribution >= 4 is 10.8 Å². The second kappa shape index (κ2) is 2.42. The van der Waals surface area contributed by atoms with Crippen LogP contribution < -0.4 is 0 Å². The summed E-state index contributed by atoms with van der Waals surface area (Å²) in [6, 6.07) is 8.33. The molecule has 0 saturated heterocycles. The highest BCUT2D eigenvalue weighted by atomic mass is 14.9. The maximum atomic E-state index is 3.81. The van der Waals surface area contributed by atoms with E-state index in [0.29, 0.717) is 0 Å². The average molecular weight is 144 g/mol. The Hall–Kier alpha value is -1.24. The Morgan fingerprint density at radius 2 is 1.64 bits per heavy atom. The van der Waals surface area contributed by atoms with Crippen LogP contribution in [0, 0.1) is 6.92 Å². The van der Waals surface area contributed by atoms with Crippen molar-refractivity contribution in [2.45, 2.75) is 6.54 Å². The molecule has 0 N–H and O–H groups in total. The van der Waals surface area contributed by atoms with E-state index in [-0.39, 0.29) is 0 Å². The molecule has 11 heavy (non-hydrogen) atoms. The largest absolute Gasteiger partial charge is 0.353 e. The van der Waals surface area contributed by atoms with Gasteiger partial charge in [0, 0.05) is 18.9 Å². The Labute approximate surface area is 66.3 Å². The molecule has 0 saturated carbocycles. The van der Waals surface area contributed by atoms with Gasteiger partial charge in [-0.25, -0.2) is 0 Å². The molecule has 55 valence electrons. The van der Waals surface area contributed by atoms with E-state index in [1.54, 1.807) is 0 Å². The first-order valence-electron chi connectivity index (χ1n) is 3.74. The molecule has 0 aliphatic heterocycles. The summed E-state index contributed by atoms with van der Waals surface area (Å²) in [6.07, 6.45) is 4.23. The zero-order chi connectivity index (χ0) is 7.68. The van der Waals surface area contributed by atoms with Crippen LogP contribution in [0.2, 0.25) is 0 Å². The maximum Gasteiger partial charge on any atom is 0.0220 e. The van der Waals surface area contributed by atoms with Gasteiger partial charge in [-0.3, -0.25) is 0 Å². The summed E-state index contributed by atoms with van der Waals surface area (Å²) in [6.45, 7) is 4.61. The summed E-state index contributed by atoms with van der Waals surface area (Å²) >= 11 is 0. The van der Waals surface area contributed by atoms with Gasteiger partial charge in [0.15, 0.2) is 0 Å². The Balaban J connectivity index is 2.69. The van der Waals surface area contributed by atoms with Crippen molar-refractivity contribution in [1.29, 1.82) is 0 Å². The van der Waals surface area contributed by atoms with E-state index >= 15 is 0 Å². The van der Waals surface area contributed by atoms with Crippen LogP contribution in [0.25, 0.3) is 10.8 Å². The first kappa shape index (κ1) is 6.47. The van der Waals surface area contributed by atoms with Gasteiger partial charge in [0.05, 0.1) is 0 Å². The molecule has 1 nitrogen and oxygen atoms in total. The number of fused-ring (bicyclic) bond motifs is 1. The Bertz CT molecular complexity index is 327. The number of hydrogen-bond acceptors (Lipinski definition) is 0. The molecule has 1 heteroatoms. The van der Waals surface area contributed by atoms with Crippen molar-refractivity contribution in [2.24, 2.45) is 0 Å². The fourth-order valence-corrected chi connectivity index (χ4v) is 1.27. The highest BCUT2D eigenvalue weighted by molar-refractivity contribution is 5.81. The normalized spacial score (nSPS) is 10.6. The van der Waals surface area contributed by atoms with Crippen LogP contribution in [0.3, 0.4) is 0 Å². The molecule has 1 aromatic carbocycles. The predicted molar refractivity (Wildman–Crippen MR) is 47.3 cm³/mol. The van der Waals surface area contributed by atoms with Gasteiger partial charge in [0.2, 0.25) is 0 Å². The van der Waals surface area contributed by atoms with E-state index in [9.17, 15) is 0 Å². The second-order valence-electron chi connectivity index (χ2n) is 2.62. The van der Waals surface area contributed by atoms with Gasteiger partial charge in [-0.1, -0.05) is 24.3 Å². The van der Waals surface area contributed by atoms with Crippen LogP contribution in [0.1, 0.15) is 0 Å². The summed E-state index contributed by atoms with van der Waals surface area (Å²) in [7, 11) is 0. The van der Waals surface area contributed by atoms with Crippen molar-refractivity contribution in [3.63, 3.8) is 0 Å². The molecule has 0 spiro atoms. The molecule has 2 rings (SSSR count). The molecule has 1 heterocycles. The lowest BCUT2D eigenvalue weighted by atomic mass is 10.2.